The number of amides is 2. The molecule has 0 aliphatic carbocycles. The first-order valence-corrected chi connectivity index (χ1v) is 10.7. The molecular formula is C25H36N3O2+. The highest BCUT2D eigenvalue weighted by Gasteiger charge is 2.20. The molecule has 2 atom stereocenters. The molecule has 0 aliphatic heterocycles. The lowest BCUT2D eigenvalue weighted by atomic mass is 9.93. The van der Waals surface area contributed by atoms with E-state index in [0.717, 1.165) is 22.6 Å². The van der Waals surface area contributed by atoms with E-state index in [1.807, 2.05) is 31.3 Å². The number of carbonyl (C=O) groups is 2. The molecule has 0 spiro atoms. The Bertz CT molecular complexity index is 826. The monoisotopic (exact) mass is 410 g/mol. The molecule has 1 unspecified atom stereocenters. The third-order valence-corrected chi connectivity index (χ3v) is 5.36. The number of benzene rings is 2. The Morgan fingerprint density at radius 2 is 1.47 bits per heavy atom. The third kappa shape index (κ3) is 6.70. The van der Waals surface area contributed by atoms with E-state index in [4.69, 9.17) is 0 Å². The Balaban J connectivity index is 1.95. The van der Waals surface area contributed by atoms with Crippen LogP contribution >= 0.6 is 0 Å². The van der Waals surface area contributed by atoms with Crippen LogP contribution in [0, 0.1) is 5.92 Å². The maximum atomic E-state index is 12.7. The number of hydrogen-bond donors (Lipinski definition) is 3. The minimum Gasteiger partial charge on any atom is -0.355 e. The van der Waals surface area contributed by atoms with Gasteiger partial charge in [-0.3, -0.25) is 9.59 Å². The Hall–Kier alpha value is -2.66. The number of rotatable bonds is 9. The van der Waals surface area contributed by atoms with E-state index in [1.54, 1.807) is 7.05 Å². The first kappa shape index (κ1) is 23.6. The first-order chi connectivity index (χ1) is 14.2. The zero-order chi connectivity index (χ0) is 22.3. The molecule has 0 fully saturated rings. The molecule has 30 heavy (non-hydrogen) atoms. The highest BCUT2D eigenvalue weighted by atomic mass is 16.2. The lowest BCUT2D eigenvalue weighted by Crippen LogP contribution is -3.08. The van der Waals surface area contributed by atoms with Gasteiger partial charge in [0.15, 0.2) is 6.54 Å². The second-order valence-corrected chi connectivity index (χ2v) is 8.70. The van der Waals surface area contributed by atoms with E-state index >= 15 is 0 Å². The number of quaternary nitrogens is 1. The average Bonchev–Trinajstić information content (AvgIpc) is 2.71. The molecule has 5 nitrogen and oxygen atoms in total. The summed E-state index contributed by atoms with van der Waals surface area (Å²) in [5, 5.41) is 5.84. The van der Waals surface area contributed by atoms with Gasteiger partial charge in [0.25, 0.3) is 11.8 Å². The van der Waals surface area contributed by atoms with Crippen LogP contribution in [0.15, 0.2) is 48.5 Å². The van der Waals surface area contributed by atoms with Crippen molar-refractivity contribution >= 4 is 11.8 Å². The van der Waals surface area contributed by atoms with Gasteiger partial charge < -0.3 is 15.5 Å². The van der Waals surface area contributed by atoms with Crippen LogP contribution in [0.25, 0.3) is 0 Å². The Morgan fingerprint density at radius 1 is 0.900 bits per heavy atom. The molecule has 2 rings (SSSR count). The van der Waals surface area contributed by atoms with Crippen molar-refractivity contribution in [3.63, 3.8) is 0 Å². The van der Waals surface area contributed by atoms with Gasteiger partial charge in [0.1, 0.15) is 6.54 Å². The van der Waals surface area contributed by atoms with Gasteiger partial charge >= 0.3 is 0 Å². The van der Waals surface area contributed by atoms with Crippen LogP contribution in [0.3, 0.4) is 0 Å². The molecule has 0 heterocycles. The third-order valence-electron chi connectivity index (χ3n) is 5.36. The van der Waals surface area contributed by atoms with Crippen LogP contribution in [-0.2, 0) is 11.3 Å². The van der Waals surface area contributed by atoms with Gasteiger partial charge in [-0.05, 0) is 35.1 Å². The van der Waals surface area contributed by atoms with Gasteiger partial charge in [0.2, 0.25) is 0 Å². The smallest absolute Gasteiger partial charge is 0.275 e. The molecule has 2 aromatic rings. The molecule has 0 bridgehead atoms. The van der Waals surface area contributed by atoms with E-state index in [1.165, 1.54) is 5.56 Å². The molecule has 3 N–H and O–H groups in total. The molecule has 0 radical (unpaired) electrons. The number of hydrogen-bond acceptors (Lipinski definition) is 2. The number of carbonyl (C=O) groups excluding carboxylic acids is 2. The summed E-state index contributed by atoms with van der Waals surface area (Å²) in [5.41, 5.74) is 4.18. The van der Waals surface area contributed by atoms with E-state index < -0.39 is 0 Å². The van der Waals surface area contributed by atoms with Crippen molar-refractivity contribution in [2.45, 2.75) is 46.2 Å². The van der Waals surface area contributed by atoms with Crippen molar-refractivity contribution in [2.75, 3.05) is 20.6 Å². The van der Waals surface area contributed by atoms with Gasteiger partial charge in [0.05, 0.1) is 13.1 Å². The maximum absolute atomic E-state index is 12.7. The standard InChI is InChI=1S/C25H35N3O2/c1-17(2)20-11-13-21(14-12-20)24(18(3)4)27-23(29)16-28(6)15-19-7-9-22(10-8-19)25(30)26-5/h7-14,17-18,24H,15-16H2,1-6H3,(H,26,30)(H,27,29)/p+1/t24-/m1/s1. The van der Waals surface area contributed by atoms with Crippen molar-refractivity contribution in [1.82, 2.24) is 10.6 Å². The van der Waals surface area contributed by atoms with E-state index in [9.17, 15) is 9.59 Å². The molecule has 0 aliphatic rings. The number of nitrogens with one attached hydrogen (secondary N) is 3. The van der Waals surface area contributed by atoms with Crippen molar-refractivity contribution in [3.8, 4) is 0 Å². The van der Waals surface area contributed by atoms with Gasteiger partial charge in [-0.15, -0.1) is 0 Å². The fourth-order valence-electron chi connectivity index (χ4n) is 3.55. The Labute approximate surface area is 180 Å². The fraction of sp³-hybridized carbons (Fsp3) is 0.440. The zero-order valence-corrected chi connectivity index (χ0v) is 19.1. The van der Waals surface area contributed by atoms with Crippen LogP contribution < -0.4 is 15.5 Å². The Morgan fingerprint density at radius 3 is 1.97 bits per heavy atom. The Kier molecular flexibility index (Phi) is 8.60. The fourth-order valence-corrected chi connectivity index (χ4v) is 3.55. The van der Waals surface area contributed by atoms with Crippen LogP contribution in [0.5, 0.6) is 0 Å². The summed E-state index contributed by atoms with van der Waals surface area (Å²) in [6.45, 7) is 9.74. The summed E-state index contributed by atoms with van der Waals surface area (Å²) < 4.78 is 0. The second kappa shape index (κ2) is 10.9. The molecule has 162 valence electrons. The first-order valence-electron chi connectivity index (χ1n) is 10.7. The quantitative estimate of drug-likeness (QED) is 0.595. The highest BCUT2D eigenvalue weighted by molar-refractivity contribution is 5.93. The average molecular weight is 411 g/mol. The molecule has 0 aromatic heterocycles. The summed E-state index contributed by atoms with van der Waals surface area (Å²) in [6, 6.07) is 16.1. The second-order valence-electron chi connectivity index (χ2n) is 8.70. The molecule has 0 saturated carbocycles. The summed E-state index contributed by atoms with van der Waals surface area (Å²) in [4.78, 5) is 25.4. The van der Waals surface area contributed by atoms with Crippen molar-refractivity contribution < 1.29 is 14.5 Å². The van der Waals surface area contributed by atoms with Crippen LogP contribution in [0.1, 0.15) is 66.7 Å². The molecular weight excluding hydrogens is 374 g/mol. The normalized spacial score (nSPS) is 13.2. The zero-order valence-electron chi connectivity index (χ0n) is 19.1. The summed E-state index contributed by atoms with van der Waals surface area (Å²) in [7, 11) is 3.63. The minimum absolute atomic E-state index is 0.00153. The number of likely N-dealkylation sites (N-methyl/N-ethyl adjacent to an activating group) is 1. The summed E-state index contributed by atoms with van der Waals surface area (Å²) in [6.07, 6.45) is 0. The van der Waals surface area contributed by atoms with E-state index in [2.05, 4.69) is 62.6 Å². The minimum atomic E-state index is -0.0946. The van der Waals surface area contributed by atoms with Gasteiger partial charge in [0, 0.05) is 18.2 Å². The molecule has 2 aromatic carbocycles. The van der Waals surface area contributed by atoms with Crippen molar-refractivity contribution in [2.24, 2.45) is 5.92 Å². The largest absolute Gasteiger partial charge is 0.355 e. The predicted octanol–water partition coefficient (Wildman–Crippen LogP) is 2.70. The van der Waals surface area contributed by atoms with Gasteiger partial charge in [-0.2, -0.15) is 0 Å². The summed E-state index contributed by atoms with van der Waals surface area (Å²) in [5.74, 6) is 0.745. The van der Waals surface area contributed by atoms with Crippen LogP contribution in [0.2, 0.25) is 0 Å². The predicted molar refractivity (Wildman–Crippen MR) is 122 cm³/mol. The molecule has 0 saturated heterocycles. The topological polar surface area (TPSA) is 62.6 Å². The van der Waals surface area contributed by atoms with Crippen LogP contribution in [-0.4, -0.2) is 32.5 Å². The van der Waals surface area contributed by atoms with Crippen molar-refractivity contribution in [1.29, 1.82) is 0 Å². The van der Waals surface area contributed by atoms with Crippen LogP contribution in [0.4, 0.5) is 0 Å². The van der Waals surface area contributed by atoms with Gasteiger partial charge in [-0.1, -0.05) is 64.1 Å². The molecule has 2 amide bonds. The van der Waals surface area contributed by atoms with Gasteiger partial charge in [-0.25, -0.2) is 0 Å². The highest BCUT2D eigenvalue weighted by Crippen LogP contribution is 2.24. The summed E-state index contributed by atoms with van der Waals surface area (Å²) >= 11 is 0. The molecule has 5 heteroatoms. The van der Waals surface area contributed by atoms with E-state index in [-0.39, 0.29) is 17.9 Å². The van der Waals surface area contributed by atoms with Crippen molar-refractivity contribution in [3.05, 3.63) is 70.8 Å². The SMILES string of the molecule is CNC(=O)c1ccc(C[NH+](C)CC(=O)N[C@@H](c2ccc(C(C)C)cc2)C(C)C)cc1. The lowest BCUT2D eigenvalue weighted by molar-refractivity contribution is -0.885. The van der Waals surface area contributed by atoms with E-state index in [0.29, 0.717) is 23.9 Å². The maximum Gasteiger partial charge on any atom is 0.275 e. The lowest BCUT2D eigenvalue weighted by Gasteiger charge is -2.24.